The van der Waals surface area contributed by atoms with E-state index in [0.29, 0.717) is 10.6 Å². The van der Waals surface area contributed by atoms with Crippen LogP contribution < -0.4 is 5.73 Å². The highest BCUT2D eigenvalue weighted by molar-refractivity contribution is 6.30. The minimum Gasteiger partial charge on any atom is -0.324 e. The lowest BCUT2D eigenvalue weighted by molar-refractivity contribution is -0.138. The maximum Gasteiger partial charge on any atom is 0.390 e. The first kappa shape index (κ1) is 11.3. The van der Waals surface area contributed by atoms with E-state index in [9.17, 15) is 13.2 Å². The molecule has 2 N–H and O–H groups in total. The number of halogens is 4. The molecule has 1 aromatic rings. The molecule has 5 heteroatoms. The van der Waals surface area contributed by atoms with Gasteiger partial charge < -0.3 is 5.73 Å². The highest BCUT2D eigenvalue weighted by Crippen LogP contribution is 2.28. The standard InChI is InChI=1S/C9H9ClF3N/c10-7-3-1-6(2-4-7)8(14)5-9(11,12)13/h1-4,8H,5,14H2/t8-/m0/s1. The van der Waals surface area contributed by atoms with Crippen LogP contribution in [0, 0.1) is 0 Å². The Morgan fingerprint density at radius 3 is 2.14 bits per heavy atom. The van der Waals surface area contributed by atoms with Gasteiger partial charge in [-0.15, -0.1) is 0 Å². The first-order valence-corrected chi connectivity index (χ1v) is 4.34. The van der Waals surface area contributed by atoms with Crippen LogP contribution in [-0.2, 0) is 0 Å². The zero-order chi connectivity index (χ0) is 10.8. The fourth-order valence-electron chi connectivity index (χ4n) is 1.08. The fraction of sp³-hybridized carbons (Fsp3) is 0.333. The highest BCUT2D eigenvalue weighted by atomic mass is 35.5. The van der Waals surface area contributed by atoms with E-state index in [4.69, 9.17) is 17.3 Å². The Hall–Kier alpha value is -0.740. The predicted octanol–water partition coefficient (Wildman–Crippen LogP) is 3.29. The molecule has 0 unspecified atom stereocenters. The molecule has 78 valence electrons. The molecule has 0 heterocycles. The second kappa shape index (κ2) is 4.19. The lowest BCUT2D eigenvalue weighted by atomic mass is 10.1. The van der Waals surface area contributed by atoms with Crippen LogP contribution >= 0.6 is 11.6 Å². The first-order chi connectivity index (χ1) is 6.38. The number of hydrogen-bond donors (Lipinski definition) is 1. The van der Waals surface area contributed by atoms with Gasteiger partial charge in [0.15, 0.2) is 0 Å². The molecule has 0 aliphatic rings. The summed E-state index contributed by atoms with van der Waals surface area (Å²) in [5.74, 6) is 0. The smallest absolute Gasteiger partial charge is 0.324 e. The van der Waals surface area contributed by atoms with E-state index in [1.165, 1.54) is 24.3 Å². The molecular weight excluding hydrogens is 215 g/mol. The molecule has 0 aliphatic heterocycles. The van der Waals surface area contributed by atoms with E-state index in [-0.39, 0.29) is 0 Å². The van der Waals surface area contributed by atoms with Gasteiger partial charge in [-0.2, -0.15) is 13.2 Å². The normalized spacial score (nSPS) is 14.1. The van der Waals surface area contributed by atoms with Gasteiger partial charge in [0.05, 0.1) is 6.42 Å². The molecule has 0 amide bonds. The molecule has 1 aromatic carbocycles. The monoisotopic (exact) mass is 223 g/mol. The van der Waals surface area contributed by atoms with Crippen molar-refractivity contribution >= 4 is 11.6 Å². The molecule has 0 aliphatic carbocycles. The summed E-state index contributed by atoms with van der Waals surface area (Å²) in [6.45, 7) is 0. The summed E-state index contributed by atoms with van der Waals surface area (Å²) in [4.78, 5) is 0. The molecule has 0 saturated heterocycles. The summed E-state index contributed by atoms with van der Waals surface area (Å²) >= 11 is 5.59. The fourth-order valence-corrected chi connectivity index (χ4v) is 1.20. The van der Waals surface area contributed by atoms with E-state index < -0.39 is 18.6 Å². The van der Waals surface area contributed by atoms with Gasteiger partial charge in [-0.3, -0.25) is 0 Å². The van der Waals surface area contributed by atoms with E-state index in [1.807, 2.05) is 0 Å². The third-order valence-corrected chi connectivity index (χ3v) is 2.00. The highest BCUT2D eigenvalue weighted by Gasteiger charge is 2.30. The van der Waals surface area contributed by atoms with Crippen LogP contribution in [0.3, 0.4) is 0 Å². The van der Waals surface area contributed by atoms with E-state index >= 15 is 0 Å². The first-order valence-electron chi connectivity index (χ1n) is 3.96. The zero-order valence-corrected chi connectivity index (χ0v) is 7.94. The Bertz CT molecular complexity index is 294. The minimum absolute atomic E-state index is 0.437. The zero-order valence-electron chi connectivity index (χ0n) is 7.18. The summed E-state index contributed by atoms with van der Waals surface area (Å²) in [6, 6.07) is 5.02. The summed E-state index contributed by atoms with van der Waals surface area (Å²) in [6.07, 6.45) is -5.26. The van der Waals surface area contributed by atoms with Gasteiger partial charge in [0, 0.05) is 11.1 Å². The molecular formula is C9H9ClF3N. The molecule has 1 rings (SSSR count). The average Bonchev–Trinajstić information content (AvgIpc) is 2.02. The van der Waals surface area contributed by atoms with Crippen LogP contribution in [0.2, 0.25) is 5.02 Å². The molecule has 0 fully saturated rings. The van der Waals surface area contributed by atoms with Gasteiger partial charge in [-0.05, 0) is 17.7 Å². The number of alkyl halides is 3. The quantitative estimate of drug-likeness (QED) is 0.818. The SMILES string of the molecule is N[C@@H](CC(F)(F)F)c1ccc(Cl)cc1. The summed E-state index contributed by atoms with van der Waals surface area (Å²) < 4.78 is 35.9. The second-order valence-corrected chi connectivity index (χ2v) is 3.41. The Balaban J connectivity index is 2.70. The van der Waals surface area contributed by atoms with Crippen molar-refractivity contribution in [1.29, 1.82) is 0 Å². The van der Waals surface area contributed by atoms with Crippen LogP contribution in [0.25, 0.3) is 0 Å². The largest absolute Gasteiger partial charge is 0.390 e. The maximum absolute atomic E-state index is 12.0. The Labute approximate surface area is 84.7 Å². The Morgan fingerprint density at radius 2 is 1.71 bits per heavy atom. The van der Waals surface area contributed by atoms with Crippen molar-refractivity contribution in [2.45, 2.75) is 18.6 Å². The summed E-state index contributed by atoms with van der Waals surface area (Å²) in [7, 11) is 0. The third kappa shape index (κ3) is 3.55. The van der Waals surface area contributed by atoms with Crippen LogP contribution in [-0.4, -0.2) is 6.18 Å². The molecule has 0 saturated carbocycles. The van der Waals surface area contributed by atoms with Crippen LogP contribution in [0.1, 0.15) is 18.0 Å². The molecule has 0 aromatic heterocycles. The summed E-state index contributed by atoms with van der Waals surface area (Å²) in [5.41, 5.74) is 5.80. The number of rotatable bonds is 2. The van der Waals surface area contributed by atoms with Crippen LogP contribution in [0.5, 0.6) is 0 Å². The number of nitrogens with two attached hydrogens (primary N) is 1. The van der Waals surface area contributed by atoms with Gasteiger partial charge in [0.2, 0.25) is 0 Å². The molecule has 0 radical (unpaired) electrons. The average molecular weight is 224 g/mol. The molecule has 0 bridgehead atoms. The van der Waals surface area contributed by atoms with Gasteiger partial charge in [0.25, 0.3) is 0 Å². The van der Waals surface area contributed by atoms with Gasteiger partial charge in [-0.1, -0.05) is 23.7 Å². The van der Waals surface area contributed by atoms with E-state index in [1.54, 1.807) is 0 Å². The van der Waals surface area contributed by atoms with Crippen molar-refractivity contribution < 1.29 is 13.2 Å². The van der Waals surface area contributed by atoms with Gasteiger partial charge in [0.1, 0.15) is 0 Å². The molecule has 1 nitrogen and oxygen atoms in total. The molecule has 0 spiro atoms. The lowest BCUT2D eigenvalue weighted by Crippen LogP contribution is -2.20. The lowest BCUT2D eigenvalue weighted by Gasteiger charge is -2.14. The van der Waals surface area contributed by atoms with Crippen molar-refractivity contribution in [3.63, 3.8) is 0 Å². The van der Waals surface area contributed by atoms with Crippen molar-refractivity contribution in [2.75, 3.05) is 0 Å². The Morgan fingerprint density at radius 1 is 1.21 bits per heavy atom. The van der Waals surface area contributed by atoms with Gasteiger partial charge in [-0.25, -0.2) is 0 Å². The Kier molecular flexibility index (Phi) is 3.39. The number of hydrogen-bond acceptors (Lipinski definition) is 1. The minimum atomic E-state index is -4.24. The summed E-state index contributed by atoms with van der Waals surface area (Å²) in [5, 5.41) is 0.480. The van der Waals surface area contributed by atoms with Crippen molar-refractivity contribution in [2.24, 2.45) is 5.73 Å². The van der Waals surface area contributed by atoms with Crippen molar-refractivity contribution in [1.82, 2.24) is 0 Å². The van der Waals surface area contributed by atoms with Gasteiger partial charge >= 0.3 is 6.18 Å². The van der Waals surface area contributed by atoms with Crippen LogP contribution in [0.15, 0.2) is 24.3 Å². The second-order valence-electron chi connectivity index (χ2n) is 2.98. The third-order valence-electron chi connectivity index (χ3n) is 1.75. The molecule has 14 heavy (non-hydrogen) atoms. The van der Waals surface area contributed by atoms with E-state index in [0.717, 1.165) is 0 Å². The van der Waals surface area contributed by atoms with Crippen molar-refractivity contribution in [3.05, 3.63) is 34.9 Å². The maximum atomic E-state index is 12.0. The molecule has 1 atom stereocenters. The number of benzene rings is 1. The predicted molar refractivity (Wildman–Crippen MR) is 49.1 cm³/mol. The topological polar surface area (TPSA) is 26.0 Å². The van der Waals surface area contributed by atoms with Crippen molar-refractivity contribution in [3.8, 4) is 0 Å². The van der Waals surface area contributed by atoms with E-state index in [2.05, 4.69) is 0 Å². The van der Waals surface area contributed by atoms with Crippen LogP contribution in [0.4, 0.5) is 13.2 Å².